The molecule has 41 heavy (non-hydrogen) atoms. The molecule has 0 bridgehead atoms. The Bertz CT molecular complexity index is 1710. The highest BCUT2D eigenvalue weighted by molar-refractivity contribution is 5.78. The lowest BCUT2D eigenvalue weighted by Crippen LogP contribution is -2.10. The van der Waals surface area contributed by atoms with Crippen molar-refractivity contribution in [3.05, 3.63) is 151 Å². The molecule has 2 heterocycles. The Morgan fingerprint density at radius 2 is 1.12 bits per heavy atom. The maximum Gasteiger partial charge on any atom is 0.219 e. The molecule has 0 saturated heterocycles. The zero-order valence-corrected chi connectivity index (χ0v) is 21.7. The van der Waals surface area contributed by atoms with Gasteiger partial charge in [0.2, 0.25) is 5.88 Å². The van der Waals surface area contributed by atoms with Crippen molar-refractivity contribution in [2.24, 2.45) is 0 Å². The summed E-state index contributed by atoms with van der Waals surface area (Å²) >= 11 is 0. The van der Waals surface area contributed by atoms with Gasteiger partial charge in [0.05, 0.1) is 11.4 Å². The highest BCUT2D eigenvalue weighted by Gasteiger charge is 2.18. The molecule has 0 N–H and O–H groups in total. The number of rotatable bonds is 8. The number of aromatic nitrogens is 2. The van der Waals surface area contributed by atoms with Crippen LogP contribution in [0.15, 0.2) is 140 Å². The van der Waals surface area contributed by atoms with Crippen LogP contribution >= 0.6 is 0 Å². The Morgan fingerprint density at radius 1 is 0.512 bits per heavy atom. The van der Waals surface area contributed by atoms with Crippen molar-refractivity contribution in [3.8, 4) is 34.4 Å². The van der Waals surface area contributed by atoms with Crippen molar-refractivity contribution in [1.82, 2.24) is 9.97 Å². The quantitative estimate of drug-likeness (QED) is 0.191. The van der Waals surface area contributed by atoms with E-state index in [1.165, 1.54) is 6.07 Å². The Morgan fingerprint density at radius 3 is 1.73 bits per heavy atom. The van der Waals surface area contributed by atoms with Crippen molar-refractivity contribution in [2.45, 2.75) is 0 Å². The van der Waals surface area contributed by atoms with E-state index < -0.39 is 11.6 Å². The Kier molecular flexibility index (Phi) is 7.32. The van der Waals surface area contributed by atoms with Crippen LogP contribution in [0.25, 0.3) is 11.3 Å². The average molecular weight is 544 g/mol. The summed E-state index contributed by atoms with van der Waals surface area (Å²) in [5.74, 6) is -0.655. The summed E-state index contributed by atoms with van der Waals surface area (Å²) in [6.07, 6.45) is 3.18. The number of pyridine rings is 2. The first-order valence-electron chi connectivity index (χ1n) is 12.9. The monoisotopic (exact) mass is 543 g/mol. The van der Waals surface area contributed by atoms with Crippen molar-refractivity contribution in [2.75, 3.05) is 4.90 Å². The number of hydrogen-bond acceptors (Lipinski definition) is 5. The Labute approximate surface area is 235 Å². The van der Waals surface area contributed by atoms with Gasteiger partial charge in [-0.15, -0.1) is 0 Å². The standard InChI is InChI=1S/C34H23F2N3O2/c35-30-23-31(36)33(22-29(30)32-15-7-9-17-37-32)40-27-19-26(20-28(21-27)41-34-16-8-10-18-38-34)39(24-11-3-1-4-12-24)25-13-5-2-6-14-25/h1-23H. The minimum atomic E-state index is -0.845. The van der Waals surface area contributed by atoms with Crippen LogP contribution in [0.1, 0.15) is 0 Å². The van der Waals surface area contributed by atoms with Crippen LogP contribution in [0.5, 0.6) is 23.1 Å². The van der Waals surface area contributed by atoms with Gasteiger partial charge in [0.25, 0.3) is 0 Å². The van der Waals surface area contributed by atoms with E-state index in [1.807, 2.05) is 77.7 Å². The third kappa shape index (κ3) is 5.89. The maximum absolute atomic E-state index is 15.0. The average Bonchev–Trinajstić information content (AvgIpc) is 3.01. The normalized spacial score (nSPS) is 10.7. The van der Waals surface area contributed by atoms with Gasteiger partial charge in [-0.1, -0.05) is 48.5 Å². The van der Waals surface area contributed by atoms with E-state index in [0.717, 1.165) is 17.4 Å². The van der Waals surface area contributed by atoms with Crippen molar-refractivity contribution >= 4 is 17.1 Å². The minimum absolute atomic E-state index is 0.123. The lowest BCUT2D eigenvalue weighted by atomic mass is 10.1. The summed E-state index contributed by atoms with van der Waals surface area (Å²) in [7, 11) is 0. The van der Waals surface area contributed by atoms with Gasteiger partial charge >= 0.3 is 0 Å². The highest BCUT2D eigenvalue weighted by Crippen LogP contribution is 2.41. The van der Waals surface area contributed by atoms with E-state index in [4.69, 9.17) is 9.47 Å². The number of ether oxygens (including phenoxy) is 2. The predicted molar refractivity (Wildman–Crippen MR) is 155 cm³/mol. The molecule has 2 aromatic heterocycles. The van der Waals surface area contributed by atoms with E-state index in [9.17, 15) is 4.39 Å². The summed E-state index contributed by atoms with van der Waals surface area (Å²) in [6, 6.07) is 37.4. The van der Waals surface area contributed by atoms with E-state index in [1.54, 1.807) is 54.9 Å². The summed E-state index contributed by atoms with van der Waals surface area (Å²) in [5.41, 5.74) is 2.97. The number of nitrogens with zero attached hydrogens (tertiary/aromatic N) is 3. The zero-order chi connectivity index (χ0) is 28.0. The van der Waals surface area contributed by atoms with E-state index in [2.05, 4.69) is 9.97 Å². The molecule has 200 valence electrons. The van der Waals surface area contributed by atoms with Crippen molar-refractivity contribution < 1.29 is 18.3 Å². The number of hydrogen-bond donors (Lipinski definition) is 0. The van der Waals surface area contributed by atoms with E-state index in [-0.39, 0.29) is 17.1 Å². The first-order valence-corrected chi connectivity index (χ1v) is 12.9. The zero-order valence-electron chi connectivity index (χ0n) is 21.7. The van der Waals surface area contributed by atoms with Crippen LogP contribution < -0.4 is 14.4 Å². The second-order valence-corrected chi connectivity index (χ2v) is 9.02. The van der Waals surface area contributed by atoms with Crippen LogP contribution in [-0.4, -0.2) is 9.97 Å². The third-order valence-corrected chi connectivity index (χ3v) is 6.20. The Hall–Kier alpha value is -5.56. The fourth-order valence-corrected chi connectivity index (χ4v) is 4.39. The predicted octanol–water partition coefficient (Wildman–Crippen LogP) is 9.48. The first kappa shape index (κ1) is 25.7. The van der Waals surface area contributed by atoms with Gasteiger partial charge in [-0.2, -0.15) is 0 Å². The molecule has 0 unspecified atom stereocenters. The van der Waals surface area contributed by atoms with Crippen LogP contribution in [-0.2, 0) is 0 Å². The third-order valence-electron chi connectivity index (χ3n) is 6.20. The fourth-order valence-electron chi connectivity index (χ4n) is 4.39. The number of benzene rings is 4. The van der Waals surface area contributed by atoms with Gasteiger partial charge in [-0.05, 0) is 48.5 Å². The molecule has 0 aliphatic heterocycles. The molecule has 0 spiro atoms. The molecule has 0 atom stereocenters. The van der Waals surface area contributed by atoms with Crippen molar-refractivity contribution in [1.29, 1.82) is 0 Å². The molecular weight excluding hydrogens is 520 g/mol. The smallest absolute Gasteiger partial charge is 0.219 e. The van der Waals surface area contributed by atoms with E-state index >= 15 is 4.39 Å². The molecular formula is C34H23F2N3O2. The summed E-state index contributed by atoms with van der Waals surface area (Å²) in [6.45, 7) is 0. The number of halogens is 2. The van der Waals surface area contributed by atoms with Gasteiger partial charge in [0, 0.05) is 59.7 Å². The van der Waals surface area contributed by atoms with Gasteiger partial charge in [-0.3, -0.25) is 4.98 Å². The van der Waals surface area contributed by atoms with Gasteiger partial charge < -0.3 is 14.4 Å². The second kappa shape index (κ2) is 11.7. The first-order chi connectivity index (χ1) is 20.1. The van der Waals surface area contributed by atoms with Crippen LogP contribution in [0.3, 0.4) is 0 Å². The highest BCUT2D eigenvalue weighted by atomic mass is 19.1. The number of anilines is 3. The molecule has 0 aliphatic rings. The SMILES string of the molecule is Fc1cc(F)c(-c2ccccn2)cc1Oc1cc(Oc2ccccn2)cc(N(c2ccccc2)c2ccccc2)c1. The molecule has 0 radical (unpaired) electrons. The Balaban J connectivity index is 1.47. The van der Waals surface area contributed by atoms with E-state index in [0.29, 0.717) is 23.0 Å². The van der Waals surface area contributed by atoms with Crippen molar-refractivity contribution in [3.63, 3.8) is 0 Å². The maximum atomic E-state index is 15.0. The lowest BCUT2D eigenvalue weighted by Gasteiger charge is -2.26. The minimum Gasteiger partial charge on any atom is -0.454 e. The summed E-state index contributed by atoms with van der Waals surface area (Å²) in [4.78, 5) is 10.5. The largest absolute Gasteiger partial charge is 0.454 e. The van der Waals surface area contributed by atoms with Gasteiger partial charge in [0.15, 0.2) is 11.6 Å². The molecule has 5 nitrogen and oxygen atoms in total. The molecule has 0 fully saturated rings. The lowest BCUT2D eigenvalue weighted by molar-refractivity contribution is 0.428. The molecule has 4 aromatic carbocycles. The fraction of sp³-hybridized carbons (Fsp3) is 0. The molecule has 0 aliphatic carbocycles. The van der Waals surface area contributed by atoms with Crippen LogP contribution in [0, 0.1) is 11.6 Å². The molecule has 7 heteroatoms. The molecule has 0 saturated carbocycles. The number of para-hydroxylation sites is 2. The van der Waals surface area contributed by atoms with Gasteiger partial charge in [-0.25, -0.2) is 13.8 Å². The molecule has 6 aromatic rings. The van der Waals surface area contributed by atoms with Crippen LogP contribution in [0.2, 0.25) is 0 Å². The summed E-state index contributed by atoms with van der Waals surface area (Å²) < 4.78 is 41.9. The van der Waals surface area contributed by atoms with Crippen LogP contribution in [0.4, 0.5) is 25.8 Å². The molecule has 0 amide bonds. The van der Waals surface area contributed by atoms with Gasteiger partial charge in [0.1, 0.15) is 17.3 Å². The second-order valence-electron chi connectivity index (χ2n) is 9.02. The summed E-state index contributed by atoms with van der Waals surface area (Å²) in [5, 5.41) is 0. The topological polar surface area (TPSA) is 47.5 Å². The molecule has 6 rings (SSSR count).